The number of amides is 1. The zero-order valence-corrected chi connectivity index (χ0v) is 18.5. The number of nitrogens with one attached hydrogen (secondary N) is 1. The number of carbonyl (C=O) groups excluding carboxylic acids is 1. The number of carbonyl (C=O) groups is 2. The molecule has 0 spiro atoms. The molecule has 0 bridgehead atoms. The number of hydrogen-bond acceptors (Lipinski definition) is 5. The lowest BCUT2D eigenvalue weighted by atomic mass is 10.1. The van der Waals surface area contributed by atoms with E-state index in [0.717, 1.165) is 5.56 Å². The quantitative estimate of drug-likeness (QED) is 0.375. The molecule has 0 saturated carbocycles. The summed E-state index contributed by atoms with van der Waals surface area (Å²) >= 11 is 0. The Balaban J connectivity index is 0.000000479. The third-order valence-electron chi connectivity index (χ3n) is 4.75. The number of carboxylic acid groups (broad SMARTS) is 1. The molecule has 37 heavy (non-hydrogen) atoms. The van der Waals surface area contributed by atoms with Crippen molar-refractivity contribution in [3.05, 3.63) is 96.1 Å². The number of imidazole rings is 1. The fourth-order valence-electron chi connectivity index (χ4n) is 3.15. The van der Waals surface area contributed by atoms with E-state index in [2.05, 4.69) is 15.0 Å². The zero-order valence-electron chi connectivity index (χ0n) is 18.5. The van der Waals surface area contributed by atoms with Gasteiger partial charge in [0.05, 0.1) is 11.2 Å². The number of fused-ring (bicyclic) bond motifs is 1. The van der Waals surface area contributed by atoms with Crippen LogP contribution in [0.5, 0.6) is 0 Å². The van der Waals surface area contributed by atoms with Gasteiger partial charge >= 0.3 is 18.3 Å². The molecule has 0 radical (unpaired) electrons. The SMILES string of the molecule is O=C(NC(c1ccccn1)C(F)(F)F)c1nc(Cc2cccnc2)n2ccccc12.O=C(O)C(F)(F)F. The molecule has 1 amide bonds. The molecule has 1 atom stereocenters. The van der Waals surface area contributed by atoms with Crippen LogP contribution in [-0.2, 0) is 11.2 Å². The van der Waals surface area contributed by atoms with Gasteiger partial charge in [-0.15, -0.1) is 0 Å². The van der Waals surface area contributed by atoms with Crippen molar-refractivity contribution >= 4 is 17.4 Å². The minimum absolute atomic E-state index is 0.0836. The summed E-state index contributed by atoms with van der Waals surface area (Å²) in [5.74, 6) is -3.17. The van der Waals surface area contributed by atoms with Gasteiger partial charge in [0.2, 0.25) is 0 Å². The Labute approximate surface area is 204 Å². The van der Waals surface area contributed by atoms with Crippen LogP contribution in [0.25, 0.3) is 5.52 Å². The molecule has 0 saturated heterocycles. The summed E-state index contributed by atoms with van der Waals surface area (Å²) in [7, 11) is 0. The normalized spacial score (nSPS) is 12.4. The van der Waals surface area contributed by atoms with Crippen molar-refractivity contribution in [1.29, 1.82) is 0 Å². The second kappa shape index (κ2) is 11.1. The van der Waals surface area contributed by atoms with E-state index in [0.29, 0.717) is 17.8 Å². The Morgan fingerprint density at radius 2 is 1.68 bits per heavy atom. The Morgan fingerprint density at radius 1 is 0.973 bits per heavy atom. The number of alkyl halides is 6. The van der Waals surface area contributed by atoms with Crippen molar-refractivity contribution in [3.8, 4) is 0 Å². The van der Waals surface area contributed by atoms with Crippen LogP contribution in [0.1, 0.15) is 33.6 Å². The predicted molar refractivity (Wildman–Crippen MR) is 116 cm³/mol. The summed E-state index contributed by atoms with van der Waals surface area (Å²) in [6.45, 7) is 0. The molecule has 0 aliphatic rings. The molecule has 4 aromatic heterocycles. The summed E-state index contributed by atoms with van der Waals surface area (Å²) < 4.78 is 74.2. The molecular weight excluding hydrogens is 508 g/mol. The highest BCUT2D eigenvalue weighted by molar-refractivity contribution is 5.99. The highest BCUT2D eigenvalue weighted by atomic mass is 19.4. The van der Waals surface area contributed by atoms with Crippen molar-refractivity contribution in [2.75, 3.05) is 0 Å². The smallest absolute Gasteiger partial charge is 0.475 e. The minimum Gasteiger partial charge on any atom is -0.475 e. The molecule has 4 aromatic rings. The average Bonchev–Trinajstić information content (AvgIpc) is 3.21. The number of nitrogens with zero attached hydrogens (tertiary/aromatic N) is 4. The number of aromatic nitrogens is 4. The van der Waals surface area contributed by atoms with E-state index < -0.39 is 30.3 Å². The molecule has 4 heterocycles. The van der Waals surface area contributed by atoms with Crippen molar-refractivity contribution in [1.82, 2.24) is 24.7 Å². The van der Waals surface area contributed by atoms with E-state index in [9.17, 15) is 31.1 Å². The molecule has 194 valence electrons. The van der Waals surface area contributed by atoms with Gasteiger partial charge in [-0.05, 0) is 35.9 Å². The van der Waals surface area contributed by atoms with E-state index >= 15 is 0 Å². The molecule has 1 unspecified atom stereocenters. The minimum atomic E-state index is -5.08. The fraction of sp³-hybridized carbons (Fsp3) is 0.174. The van der Waals surface area contributed by atoms with Crippen LogP contribution in [0.4, 0.5) is 26.3 Å². The van der Waals surface area contributed by atoms with E-state index in [4.69, 9.17) is 9.90 Å². The molecule has 0 fully saturated rings. The number of rotatable bonds is 5. The molecule has 8 nitrogen and oxygen atoms in total. The molecule has 14 heteroatoms. The van der Waals surface area contributed by atoms with E-state index in [1.54, 1.807) is 47.3 Å². The van der Waals surface area contributed by atoms with Gasteiger partial charge in [0.15, 0.2) is 11.7 Å². The van der Waals surface area contributed by atoms with E-state index in [-0.39, 0.29) is 11.4 Å². The van der Waals surface area contributed by atoms with Crippen LogP contribution in [0.15, 0.2) is 73.3 Å². The number of pyridine rings is 3. The highest BCUT2D eigenvalue weighted by Crippen LogP contribution is 2.32. The molecule has 0 aromatic carbocycles. The summed E-state index contributed by atoms with van der Waals surface area (Å²) in [6, 6.07) is 10.6. The van der Waals surface area contributed by atoms with Gasteiger partial charge in [-0.2, -0.15) is 26.3 Å². The van der Waals surface area contributed by atoms with Gasteiger partial charge in [-0.3, -0.25) is 14.8 Å². The number of halogens is 6. The molecule has 4 rings (SSSR count). The predicted octanol–water partition coefficient (Wildman–Crippen LogP) is 4.38. The molecule has 0 aliphatic heterocycles. The maximum Gasteiger partial charge on any atom is 0.490 e. The van der Waals surface area contributed by atoms with Crippen LogP contribution in [0.3, 0.4) is 0 Å². The van der Waals surface area contributed by atoms with Crippen LogP contribution in [-0.4, -0.2) is 48.7 Å². The maximum atomic E-state index is 13.6. The summed E-state index contributed by atoms with van der Waals surface area (Å²) in [5.41, 5.74) is 0.898. The Kier molecular flexibility index (Phi) is 8.10. The van der Waals surface area contributed by atoms with Crippen molar-refractivity contribution < 1.29 is 41.0 Å². The summed E-state index contributed by atoms with van der Waals surface area (Å²) in [5, 5.41) is 9.17. The first-order chi connectivity index (χ1) is 17.4. The van der Waals surface area contributed by atoms with Crippen LogP contribution in [0, 0.1) is 0 Å². The second-order valence-electron chi connectivity index (χ2n) is 7.38. The Hall–Kier alpha value is -4.49. The van der Waals surface area contributed by atoms with Crippen molar-refractivity contribution in [2.45, 2.75) is 24.8 Å². The monoisotopic (exact) mass is 525 g/mol. The lowest BCUT2D eigenvalue weighted by molar-refractivity contribution is -0.192. The number of hydrogen-bond donors (Lipinski definition) is 2. The number of aliphatic carboxylic acids is 1. The van der Waals surface area contributed by atoms with Crippen LogP contribution in [0.2, 0.25) is 0 Å². The first-order valence-electron chi connectivity index (χ1n) is 10.3. The van der Waals surface area contributed by atoms with Crippen molar-refractivity contribution in [2.24, 2.45) is 0 Å². The Morgan fingerprint density at radius 3 is 2.24 bits per heavy atom. The largest absolute Gasteiger partial charge is 0.490 e. The molecular formula is C23H17F6N5O3. The lowest BCUT2D eigenvalue weighted by Crippen LogP contribution is -2.38. The van der Waals surface area contributed by atoms with E-state index in [1.807, 2.05) is 11.4 Å². The standard InChI is InChI=1S/C21H16F3N5O.C2HF3O2/c22-21(23,24)19(15-7-1-3-10-26-15)28-20(30)18-16-8-2-4-11-29(16)17(27-18)12-14-6-5-9-25-13-14;3-2(4,5)1(6)7/h1-11,13,19H,12H2,(H,28,30);(H,6,7). The summed E-state index contributed by atoms with van der Waals surface area (Å²) in [4.78, 5) is 33.9. The second-order valence-corrected chi connectivity index (χ2v) is 7.38. The lowest BCUT2D eigenvalue weighted by Gasteiger charge is -2.20. The van der Waals surface area contributed by atoms with E-state index in [1.165, 1.54) is 24.4 Å². The zero-order chi connectivity index (χ0) is 27.2. The molecule has 2 N–H and O–H groups in total. The van der Waals surface area contributed by atoms with Gasteiger partial charge in [0.25, 0.3) is 5.91 Å². The highest BCUT2D eigenvalue weighted by Gasteiger charge is 2.43. The average molecular weight is 525 g/mol. The van der Waals surface area contributed by atoms with Crippen LogP contribution >= 0.6 is 0 Å². The fourth-order valence-corrected chi connectivity index (χ4v) is 3.15. The number of carboxylic acids is 1. The van der Waals surface area contributed by atoms with Crippen LogP contribution < -0.4 is 5.32 Å². The Bertz CT molecular complexity index is 1360. The van der Waals surface area contributed by atoms with Gasteiger partial charge in [-0.1, -0.05) is 18.2 Å². The van der Waals surface area contributed by atoms with Gasteiger partial charge in [-0.25, -0.2) is 9.78 Å². The topological polar surface area (TPSA) is 109 Å². The van der Waals surface area contributed by atoms with Gasteiger partial charge < -0.3 is 14.8 Å². The molecule has 0 aliphatic carbocycles. The van der Waals surface area contributed by atoms with Crippen molar-refractivity contribution in [3.63, 3.8) is 0 Å². The summed E-state index contributed by atoms with van der Waals surface area (Å²) in [6.07, 6.45) is -3.15. The first kappa shape index (κ1) is 27.1. The van der Waals surface area contributed by atoms with Gasteiger partial charge in [0, 0.05) is 31.2 Å². The van der Waals surface area contributed by atoms with Gasteiger partial charge in [0.1, 0.15) is 5.82 Å². The third kappa shape index (κ3) is 7.02. The first-order valence-corrected chi connectivity index (χ1v) is 10.3. The maximum absolute atomic E-state index is 13.6. The third-order valence-corrected chi connectivity index (χ3v) is 4.75.